The fourth-order valence-corrected chi connectivity index (χ4v) is 2.00. The van der Waals surface area contributed by atoms with Gasteiger partial charge in [0.2, 0.25) is 0 Å². The summed E-state index contributed by atoms with van der Waals surface area (Å²) < 4.78 is 0. The highest BCUT2D eigenvalue weighted by Gasteiger charge is 2.23. The van der Waals surface area contributed by atoms with Gasteiger partial charge >= 0.3 is 0 Å². The molecule has 4 N–H and O–H groups in total. The maximum Gasteiger partial charge on any atom is 0.0584 e. The summed E-state index contributed by atoms with van der Waals surface area (Å²) in [5, 5.41) is 12.4. The van der Waals surface area contributed by atoms with Gasteiger partial charge in [-0.15, -0.1) is 0 Å². The largest absolute Gasteiger partial charge is 0.399 e. The van der Waals surface area contributed by atoms with Gasteiger partial charge in [-0.3, -0.25) is 0 Å². The number of aliphatic hydroxyl groups excluding tert-OH is 1. The topological polar surface area (TPSA) is 58.3 Å². The number of aliphatic hydroxyl groups is 1. The molecule has 2 rings (SSSR count). The third-order valence-corrected chi connectivity index (χ3v) is 2.77. The molecule has 1 saturated heterocycles. The number of nitrogens with one attached hydrogen (secondary N) is 1. The van der Waals surface area contributed by atoms with E-state index in [0.29, 0.717) is 6.04 Å². The van der Waals surface area contributed by atoms with Crippen LogP contribution < -0.4 is 11.1 Å². The number of hydrogen-bond donors (Lipinski definition) is 3. The van der Waals surface area contributed by atoms with Gasteiger partial charge < -0.3 is 16.2 Å². The Morgan fingerprint density at radius 2 is 2.29 bits per heavy atom. The van der Waals surface area contributed by atoms with E-state index in [4.69, 9.17) is 10.8 Å². The van der Waals surface area contributed by atoms with Crippen LogP contribution in [0.1, 0.15) is 24.4 Å². The van der Waals surface area contributed by atoms with Crippen LogP contribution in [0.15, 0.2) is 24.3 Å². The minimum Gasteiger partial charge on any atom is -0.399 e. The molecule has 0 spiro atoms. The lowest BCUT2D eigenvalue weighted by atomic mass is 10.0. The molecular formula is C11H16N2O. The first-order valence-corrected chi connectivity index (χ1v) is 5.02. The van der Waals surface area contributed by atoms with Crippen LogP contribution in [0.2, 0.25) is 0 Å². The van der Waals surface area contributed by atoms with E-state index in [0.717, 1.165) is 18.5 Å². The van der Waals surface area contributed by atoms with Crippen molar-refractivity contribution >= 4 is 5.69 Å². The Morgan fingerprint density at radius 3 is 2.93 bits per heavy atom. The van der Waals surface area contributed by atoms with E-state index < -0.39 is 0 Å². The van der Waals surface area contributed by atoms with Crippen molar-refractivity contribution in [1.82, 2.24) is 5.32 Å². The second kappa shape index (κ2) is 3.98. The molecule has 1 aliphatic heterocycles. The van der Waals surface area contributed by atoms with Crippen molar-refractivity contribution in [2.45, 2.75) is 24.9 Å². The standard InChI is InChI=1S/C11H16N2O/c12-9-3-1-2-8(6-9)11-5-4-10(7-14)13-11/h1-3,6,10-11,13-14H,4-5,7,12H2. The smallest absolute Gasteiger partial charge is 0.0584 e. The van der Waals surface area contributed by atoms with E-state index in [1.54, 1.807) is 0 Å². The molecule has 0 saturated carbocycles. The van der Waals surface area contributed by atoms with E-state index in [1.807, 2.05) is 18.2 Å². The third kappa shape index (κ3) is 1.89. The van der Waals surface area contributed by atoms with Crippen LogP contribution in [-0.2, 0) is 0 Å². The van der Waals surface area contributed by atoms with E-state index in [1.165, 1.54) is 5.56 Å². The molecule has 3 heteroatoms. The molecule has 1 heterocycles. The first-order valence-electron chi connectivity index (χ1n) is 5.02. The Balaban J connectivity index is 2.09. The number of benzene rings is 1. The van der Waals surface area contributed by atoms with Crippen molar-refractivity contribution in [3.63, 3.8) is 0 Å². The van der Waals surface area contributed by atoms with Crippen molar-refractivity contribution in [1.29, 1.82) is 0 Å². The maximum absolute atomic E-state index is 9.00. The number of nitrogen functional groups attached to an aromatic ring is 1. The van der Waals surface area contributed by atoms with Crippen LogP contribution in [0.5, 0.6) is 0 Å². The molecule has 1 aromatic carbocycles. The summed E-state index contributed by atoms with van der Waals surface area (Å²) in [5.41, 5.74) is 7.74. The molecule has 76 valence electrons. The molecule has 0 amide bonds. The van der Waals surface area contributed by atoms with E-state index >= 15 is 0 Å². The van der Waals surface area contributed by atoms with Crippen LogP contribution in [0.4, 0.5) is 5.69 Å². The lowest BCUT2D eigenvalue weighted by Gasteiger charge is -2.13. The molecule has 1 aromatic rings. The number of rotatable bonds is 2. The highest BCUT2D eigenvalue weighted by atomic mass is 16.3. The average Bonchev–Trinajstić information content (AvgIpc) is 2.66. The Labute approximate surface area is 83.9 Å². The highest BCUT2D eigenvalue weighted by Crippen LogP contribution is 2.27. The van der Waals surface area contributed by atoms with E-state index in [2.05, 4.69) is 11.4 Å². The zero-order valence-corrected chi connectivity index (χ0v) is 8.11. The number of hydrogen-bond acceptors (Lipinski definition) is 3. The fraction of sp³-hybridized carbons (Fsp3) is 0.455. The lowest BCUT2D eigenvalue weighted by Crippen LogP contribution is -2.27. The quantitative estimate of drug-likeness (QED) is 0.614. The lowest BCUT2D eigenvalue weighted by molar-refractivity contribution is 0.251. The second-order valence-electron chi connectivity index (χ2n) is 3.85. The number of nitrogens with two attached hydrogens (primary N) is 1. The third-order valence-electron chi connectivity index (χ3n) is 2.77. The summed E-state index contributed by atoms with van der Waals surface area (Å²) in [7, 11) is 0. The van der Waals surface area contributed by atoms with Gasteiger partial charge in [-0.1, -0.05) is 12.1 Å². The van der Waals surface area contributed by atoms with E-state index in [9.17, 15) is 0 Å². The van der Waals surface area contributed by atoms with Crippen molar-refractivity contribution < 1.29 is 5.11 Å². The molecule has 3 nitrogen and oxygen atoms in total. The first-order chi connectivity index (χ1) is 6.79. The molecular weight excluding hydrogens is 176 g/mol. The van der Waals surface area contributed by atoms with Crippen LogP contribution in [0.3, 0.4) is 0 Å². The van der Waals surface area contributed by atoms with Crippen molar-refractivity contribution in [2.24, 2.45) is 0 Å². The van der Waals surface area contributed by atoms with Crippen LogP contribution in [0.25, 0.3) is 0 Å². The Kier molecular flexibility index (Phi) is 2.70. The van der Waals surface area contributed by atoms with Crippen molar-refractivity contribution in [3.8, 4) is 0 Å². The Morgan fingerprint density at radius 1 is 1.43 bits per heavy atom. The molecule has 1 fully saturated rings. The summed E-state index contributed by atoms with van der Waals surface area (Å²) in [6.07, 6.45) is 2.12. The van der Waals surface area contributed by atoms with Gasteiger partial charge in [-0.05, 0) is 30.5 Å². The summed E-state index contributed by atoms with van der Waals surface area (Å²) in [4.78, 5) is 0. The minimum atomic E-state index is 0.221. The van der Waals surface area contributed by atoms with Crippen LogP contribution in [0, 0.1) is 0 Å². The summed E-state index contributed by atoms with van der Waals surface area (Å²) >= 11 is 0. The molecule has 0 aliphatic carbocycles. The molecule has 0 bridgehead atoms. The SMILES string of the molecule is Nc1cccc(C2CCC(CO)N2)c1. The number of anilines is 1. The fourth-order valence-electron chi connectivity index (χ4n) is 2.00. The Bertz CT molecular complexity index is 314. The van der Waals surface area contributed by atoms with Crippen molar-refractivity contribution in [2.75, 3.05) is 12.3 Å². The first kappa shape index (κ1) is 9.49. The van der Waals surface area contributed by atoms with Crippen LogP contribution >= 0.6 is 0 Å². The predicted octanol–water partition coefficient (Wildman–Crippen LogP) is 1.05. The molecule has 14 heavy (non-hydrogen) atoms. The summed E-state index contributed by atoms with van der Waals surface area (Å²) in [6.45, 7) is 0.221. The summed E-state index contributed by atoms with van der Waals surface area (Å²) in [5.74, 6) is 0. The van der Waals surface area contributed by atoms with Gasteiger partial charge in [0.25, 0.3) is 0 Å². The van der Waals surface area contributed by atoms with Gasteiger partial charge in [0.1, 0.15) is 0 Å². The second-order valence-corrected chi connectivity index (χ2v) is 3.85. The van der Waals surface area contributed by atoms with Gasteiger partial charge in [-0.2, -0.15) is 0 Å². The highest BCUT2D eigenvalue weighted by molar-refractivity contribution is 5.41. The monoisotopic (exact) mass is 192 g/mol. The molecule has 2 unspecified atom stereocenters. The normalized spacial score (nSPS) is 26.6. The van der Waals surface area contributed by atoms with Gasteiger partial charge in [0, 0.05) is 17.8 Å². The molecule has 0 radical (unpaired) electrons. The molecule has 0 aromatic heterocycles. The zero-order chi connectivity index (χ0) is 9.97. The van der Waals surface area contributed by atoms with E-state index in [-0.39, 0.29) is 12.6 Å². The van der Waals surface area contributed by atoms with Crippen molar-refractivity contribution in [3.05, 3.63) is 29.8 Å². The molecule has 1 aliphatic rings. The van der Waals surface area contributed by atoms with Crippen LogP contribution in [-0.4, -0.2) is 17.8 Å². The average molecular weight is 192 g/mol. The van der Waals surface area contributed by atoms with Gasteiger partial charge in [-0.25, -0.2) is 0 Å². The van der Waals surface area contributed by atoms with Gasteiger partial charge in [0.05, 0.1) is 6.61 Å². The Hall–Kier alpha value is -1.06. The summed E-state index contributed by atoms with van der Waals surface area (Å²) in [6, 6.07) is 8.54. The predicted molar refractivity (Wildman–Crippen MR) is 56.8 cm³/mol. The zero-order valence-electron chi connectivity index (χ0n) is 8.11. The molecule has 2 atom stereocenters. The van der Waals surface area contributed by atoms with Gasteiger partial charge in [0.15, 0.2) is 0 Å². The maximum atomic E-state index is 9.00. The minimum absolute atomic E-state index is 0.221.